The quantitative estimate of drug-likeness (QED) is 0.675. The lowest BCUT2D eigenvalue weighted by Gasteiger charge is -2.29. The van der Waals surface area contributed by atoms with Crippen molar-refractivity contribution in [2.75, 3.05) is 52.5 Å². The Balaban J connectivity index is 1.70. The number of halogens is 1. The van der Waals surface area contributed by atoms with E-state index in [0.717, 1.165) is 31.9 Å². The molecule has 0 bridgehead atoms. The number of morpholine rings is 1. The fourth-order valence-electron chi connectivity index (χ4n) is 3.19. The van der Waals surface area contributed by atoms with Crippen molar-refractivity contribution in [3.63, 3.8) is 0 Å². The Labute approximate surface area is 174 Å². The molecule has 0 aromatic heterocycles. The van der Waals surface area contributed by atoms with Crippen LogP contribution in [0.5, 0.6) is 11.5 Å². The largest absolute Gasteiger partial charge is 0.495 e. The van der Waals surface area contributed by atoms with Crippen molar-refractivity contribution in [1.29, 1.82) is 0 Å². The van der Waals surface area contributed by atoms with Gasteiger partial charge in [-0.1, -0.05) is 12.1 Å². The van der Waals surface area contributed by atoms with Gasteiger partial charge >= 0.3 is 0 Å². The number of carbonyl (C=O) groups is 1. The Kier molecular flexibility index (Phi) is 6.80. The third-order valence-corrected chi connectivity index (χ3v) is 5.55. The molecule has 150 valence electrons. The van der Waals surface area contributed by atoms with E-state index in [1.54, 1.807) is 38.3 Å². The summed E-state index contributed by atoms with van der Waals surface area (Å²) in [4.78, 5) is 16.9. The molecule has 0 radical (unpaired) electrons. The van der Waals surface area contributed by atoms with Crippen LogP contribution in [-0.2, 0) is 11.3 Å². The predicted octanol–water partition coefficient (Wildman–Crippen LogP) is 3.58. The van der Waals surface area contributed by atoms with Crippen molar-refractivity contribution in [2.24, 2.45) is 0 Å². The van der Waals surface area contributed by atoms with Gasteiger partial charge in [0.1, 0.15) is 16.0 Å². The molecule has 7 heteroatoms. The van der Waals surface area contributed by atoms with Crippen LogP contribution in [0.15, 0.2) is 40.9 Å². The highest BCUT2D eigenvalue weighted by Crippen LogP contribution is 2.36. The third-order valence-electron chi connectivity index (χ3n) is 4.77. The first kappa shape index (κ1) is 20.5. The van der Waals surface area contributed by atoms with Crippen LogP contribution in [0.25, 0.3) is 0 Å². The van der Waals surface area contributed by atoms with E-state index in [9.17, 15) is 4.79 Å². The van der Waals surface area contributed by atoms with Gasteiger partial charge in [0.05, 0.1) is 27.4 Å². The van der Waals surface area contributed by atoms with Gasteiger partial charge in [0.25, 0.3) is 5.91 Å². The average molecular weight is 449 g/mol. The van der Waals surface area contributed by atoms with E-state index >= 15 is 0 Å². The maximum Gasteiger partial charge on any atom is 0.254 e. The summed E-state index contributed by atoms with van der Waals surface area (Å²) in [6.07, 6.45) is 0. The van der Waals surface area contributed by atoms with Crippen LogP contribution >= 0.6 is 15.9 Å². The molecular formula is C21H25BrN2O4. The topological polar surface area (TPSA) is 51.2 Å². The molecule has 1 aliphatic heterocycles. The summed E-state index contributed by atoms with van der Waals surface area (Å²) in [6.45, 7) is 3.86. The first-order chi connectivity index (χ1) is 13.5. The number of nitrogens with zero attached hydrogens (tertiary/aromatic N) is 2. The molecule has 0 unspecified atom stereocenters. The number of hydrogen-bond donors (Lipinski definition) is 0. The predicted molar refractivity (Wildman–Crippen MR) is 113 cm³/mol. The van der Waals surface area contributed by atoms with Crippen LogP contribution in [0.3, 0.4) is 0 Å². The average Bonchev–Trinajstić information content (AvgIpc) is 2.74. The summed E-state index contributed by atoms with van der Waals surface area (Å²) in [5.41, 5.74) is 2.77. The molecule has 0 aliphatic carbocycles. The van der Waals surface area contributed by atoms with Gasteiger partial charge in [-0.15, -0.1) is 0 Å². The van der Waals surface area contributed by atoms with Gasteiger partial charge in [0.2, 0.25) is 0 Å². The van der Waals surface area contributed by atoms with E-state index in [4.69, 9.17) is 14.2 Å². The molecule has 1 saturated heterocycles. The molecule has 0 spiro atoms. The second-order valence-corrected chi connectivity index (χ2v) is 7.41. The lowest BCUT2D eigenvalue weighted by atomic mass is 10.1. The van der Waals surface area contributed by atoms with Crippen LogP contribution in [0.1, 0.15) is 15.9 Å². The smallest absolute Gasteiger partial charge is 0.254 e. The minimum atomic E-state index is -0.0960. The fourth-order valence-corrected chi connectivity index (χ4v) is 3.75. The molecule has 3 rings (SSSR count). The number of ether oxygens (including phenoxy) is 3. The van der Waals surface area contributed by atoms with E-state index in [2.05, 4.69) is 45.1 Å². The molecule has 1 aliphatic rings. The molecule has 2 aromatic carbocycles. The molecule has 0 saturated carbocycles. The van der Waals surface area contributed by atoms with Gasteiger partial charge in [-0.05, 0) is 45.8 Å². The molecule has 0 N–H and O–H groups in total. The second kappa shape index (κ2) is 9.30. The first-order valence-electron chi connectivity index (χ1n) is 9.12. The van der Waals surface area contributed by atoms with Gasteiger partial charge in [-0.2, -0.15) is 0 Å². The number of hydrogen-bond acceptors (Lipinski definition) is 5. The molecule has 2 aromatic rings. The van der Waals surface area contributed by atoms with Gasteiger partial charge in [-0.25, -0.2) is 0 Å². The summed E-state index contributed by atoms with van der Waals surface area (Å²) in [7, 11) is 4.92. The van der Waals surface area contributed by atoms with E-state index < -0.39 is 0 Å². The SMILES string of the molecule is COc1cc(C(=O)N(C)Cc2ccc(N3CCOCC3)cc2)cc(OC)c1Br. The highest BCUT2D eigenvalue weighted by Gasteiger charge is 2.18. The monoisotopic (exact) mass is 448 g/mol. The molecule has 1 amide bonds. The van der Waals surface area contributed by atoms with Crippen LogP contribution in [0, 0.1) is 0 Å². The molecule has 1 fully saturated rings. The van der Waals surface area contributed by atoms with Gasteiger partial charge in [0.15, 0.2) is 0 Å². The summed E-state index contributed by atoms with van der Waals surface area (Å²) in [5, 5.41) is 0. The van der Waals surface area contributed by atoms with Crippen molar-refractivity contribution < 1.29 is 19.0 Å². The first-order valence-corrected chi connectivity index (χ1v) is 9.91. The zero-order chi connectivity index (χ0) is 20.1. The Bertz CT molecular complexity index is 795. The van der Waals surface area contributed by atoms with Crippen LogP contribution in [0.4, 0.5) is 5.69 Å². The van der Waals surface area contributed by atoms with Crippen molar-refractivity contribution in [3.05, 3.63) is 52.0 Å². The lowest BCUT2D eigenvalue weighted by Crippen LogP contribution is -2.36. The molecule has 0 atom stereocenters. The van der Waals surface area contributed by atoms with Crippen molar-refractivity contribution in [1.82, 2.24) is 4.90 Å². The molecule has 1 heterocycles. The highest BCUT2D eigenvalue weighted by molar-refractivity contribution is 9.10. The molecule has 28 heavy (non-hydrogen) atoms. The Hall–Kier alpha value is -2.25. The van der Waals surface area contributed by atoms with Crippen molar-refractivity contribution >= 4 is 27.5 Å². The maximum atomic E-state index is 12.9. The number of anilines is 1. The minimum Gasteiger partial charge on any atom is -0.495 e. The van der Waals surface area contributed by atoms with Crippen molar-refractivity contribution in [3.8, 4) is 11.5 Å². The second-order valence-electron chi connectivity index (χ2n) is 6.62. The van der Waals surface area contributed by atoms with Gasteiger partial charge in [-0.3, -0.25) is 4.79 Å². The highest BCUT2D eigenvalue weighted by atomic mass is 79.9. The standard InChI is InChI=1S/C21H25BrN2O4/c1-23(21(25)16-12-18(26-2)20(22)19(13-16)27-3)14-15-4-6-17(7-5-15)24-8-10-28-11-9-24/h4-7,12-13H,8-11,14H2,1-3H3. The Morgan fingerprint density at radius 3 is 2.21 bits per heavy atom. The lowest BCUT2D eigenvalue weighted by molar-refractivity contribution is 0.0784. The summed E-state index contributed by atoms with van der Waals surface area (Å²) < 4.78 is 16.8. The third kappa shape index (κ3) is 4.59. The van der Waals surface area contributed by atoms with Gasteiger partial charge in [0, 0.05) is 37.9 Å². The fraction of sp³-hybridized carbons (Fsp3) is 0.381. The van der Waals surface area contributed by atoms with Gasteiger partial charge < -0.3 is 24.0 Å². The summed E-state index contributed by atoms with van der Waals surface area (Å²) in [5.74, 6) is 1.03. The number of amides is 1. The van der Waals surface area contributed by atoms with Crippen LogP contribution < -0.4 is 14.4 Å². The summed E-state index contributed by atoms with van der Waals surface area (Å²) in [6, 6.07) is 11.8. The number of methoxy groups -OCH3 is 2. The Morgan fingerprint density at radius 1 is 1.11 bits per heavy atom. The zero-order valence-corrected chi connectivity index (χ0v) is 18.0. The number of carbonyl (C=O) groups excluding carboxylic acids is 1. The van der Waals surface area contributed by atoms with E-state index in [1.165, 1.54) is 5.69 Å². The number of rotatable bonds is 6. The zero-order valence-electron chi connectivity index (χ0n) is 16.4. The minimum absolute atomic E-state index is 0.0960. The van der Waals surface area contributed by atoms with Crippen LogP contribution in [0.2, 0.25) is 0 Å². The van der Waals surface area contributed by atoms with E-state index in [0.29, 0.717) is 28.1 Å². The molecule has 6 nitrogen and oxygen atoms in total. The van der Waals surface area contributed by atoms with Crippen molar-refractivity contribution in [2.45, 2.75) is 6.54 Å². The van der Waals surface area contributed by atoms with E-state index in [-0.39, 0.29) is 5.91 Å². The Morgan fingerprint density at radius 2 is 1.68 bits per heavy atom. The molecular weight excluding hydrogens is 424 g/mol. The summed E-state index contributed by atoms with van der Waals surface area (Å²) >= 11 is 3.43. The normalized spacial score (nSPS) is 13.9. The van der Waals surface area contributed by atoms with E-state index in [1.807, 2.05) is 0 Å². The van der Waals surface area contributed by atoms with Crippen LogP contribution in [-0.4, -0.2) is 58.4 Å². The maximum absolute atomic E-state index is 12.9. The number of benzene rings is 2.